The van der Waals surface area contributed by atoms with Crippen molar-refractivity contribution in [3.05, 3.63) is 12.1 Å². The van der Waals surface area contributed by atoms with Gasteiger partial charge in [-0.3, -0.25) is 4.79 Å². The van der Waals surface area contributed by atoms with Gasteiger partial charge in [0.25, 0.3) is 0 Å². The second-order valence-electron chi connectivity index (χ2n) is 4.56. The molecule has 1 aromatic carbocycles. The van der Waals surface area contributed by atoms with E-state index in [1.165, 1.54) is 0 Å². The number of nitrogens with one attached hydrogen (secondary N) is 1. The highest BCUT2D eigenvalue weighted by molar-refractivity contribution is 5.94. The van der Waals surface area contributed by atoms with Crippen LogP contribution in [0.15, 0.2) is 12.1 Å². The first-order chi connectivity index (χ1) is 8.60. The monoisotopic (exact) mass is 250 g/mol. The van der Waals surface area contributed by atoms with Gasteiger partial charge in [0.2, 0.25) is 12.7 Å². The lowest BCUT2D eigenvalue weighted by Crippen LogP contribution is -2.15. The summed E-state index contributed by atoms with van der Waals surface area (Å²) in [5.41, 5.74) is 6.91. The molecule has 0 radical (unpaired) electrons. The average Bonchev–Trinajstić information content (AvgIpc) is 2.76. The lowest BCUT2D eigenvalue weighted by molar-refractivity contribution is -0.117. The smallest absolute Gasteiger partial charge is 0.231 e. The lowest BCUT2D eigenvalue weighted by Gasteiger charge is -2.11. The zero-order valence-corrected chi connectivity index (χ0v) is 10.7. The van der Waals surface area contributed by atoms with E-state index in [1.807, 2.05) is 6.92 Å². The molecule has 0 fully saturated rings. The summed E-state index contributed by atoms with van der Waals surface area (Å²) in [6.07, 6.45) is 1.47. The van der Waals surface area contributed by atoms with Crippen molar-refractivity contribution >= 4 is 17.3 Å². The number of nitrogens with two attached hydrogens (primary N) is 1. The van der Waals surface area contributed by atoms with Crippen LogP contribution in [0, 0.1) is 5.92 Å². The van der Waals surface area contributed by atoms with E-state index < -0.39 is 0 Å². The van der Waals surface area contributed by atoms with E-state index in [0.717, 1.165) is 6.42 Å². The number of hydrogen-bond acceptors (Lipinski definition) is 4. The van der Waals surface area contributed by atoms with Crippen molar-refractivity contribution in [3.8, 4) is 11.5 Å². The Balaban J connectivity index is 2.07. The molecule has 5 heteroatoms. The first kappa shape index (κ1) is 12.5. The van der Waals surface area contributed by atoms with Gasteiger partial charge in [0.15, 0.2) is 11.5 Å². The predicted molar refractivity (Wildman–Crippen MR) is 69.7 cm³/mol. The van der Waals surface area contributed by atoms with Crippen molar-refractivity contribution in [2.45, 2.75) is 26.7 Å². The fourth-order valence-electron chi connectivity index (χ4n) is 1.73. The topological polar surface area (TPSA) is 73.6 Å². The Morgan fingerprint density at radius 2 is 2.11 bits per heavy atom. The summed E-state index contributed by atoms with van der Waals surface area (Å²) in [6.45, 7) is 4.30. The maximum absolute atomic E-state index is 11.8. The van der Waals surface area contributed by atoms with Crippen molar-refractivity contribution in [2.75, 3.05) is 17.8 Å². The van der Waals surface area contributed by atoms with Crippen molar-refractivity contribution in [1.82, 2.24) is 0 Å². The minimum absolute atomic E-state index is 0.0325. The van der Waals surface area contributed by atoms with Crippen molar-refractivity contribution in [3.63, 3.8) is 0 Å². The summed E-state index contributed by atoms with van der Waals surface area (Å²) < 4.78 is 10.5. The van der Waals surface area contributed by atoms with Crippen LogP contribution in [0.3, 0.4) is 0 Å². The average molecular weight is 250 g/mol. The van der Waals surface area contributed by atoms with Crippen LogP contribution in [-0.2, 0) is 4.79 Å². The van der Waals surface area contributed by atoms with E-state index in [9.17, 15) is 4.79 Å². The second-order valence-corrected chi connectivity index (χ2v) is 4.56. The van der Waals surface area contributed by atoms with E-state index in [4.69, 9.17) is 15.2 Å². The summed E-state index contributed by atoms with van der Waals surface area (Å²) in [5.74, 6) is 1.56. The molecule has 0 bridgehead atoms. The molecule has 1 amide bonds. The SMILES string of the molecule is CCC(C)CC(=O)Nc1cc2c(cc1N)OCO2. The molecule has 3 N–H and O–H groups in total. The molecule has 0 saturated carbocycles. The molecule has 1 aliphatic rings. The second kappa shape index (κ2) is 5.16. The van der Waals surface area contributed by atoms with Gasteiger partial charge in [0, 0.05) is 18.6 Å². The first-order valence-corrected chi connectivity index (χ1v) is 6.09. The Bertz CT molecular complexity index is 460. The Kier molecular flexibility index (Phi) is 3.60. The minimum atomic E-state index is -0.0325. The number of nitrogen functional groups attached to an aromatic ring is 1. The van der Waals surface area contributed by atoms with E-state index in [-0.39, 0.29) is 12.7 Å². The van der Waals surface area contributed by atoms with Crippen molar-refractivity contribution in [2.24, 2.45) is 5.92 Å². The third-order valence-corrected chi connectivity index (χ3v) is 3.05. The van der Waals surface area contributed by atoms with E-state index in [0.29, 0.717) is 35.2 Å². The zero-order valence-electron chi connectivity index (χ0n) is 10.7. The molecule has 98 valence electrons. The molecule has 1 heterocycles. The standard InChI is InChI=1S/C13H18N2O3/c1-3-8(2)4-13(16)15-10-6-12-11(5-9(10)14)17-7-18-12/h5-6,8H,3-4,7,14H2,1-2H3,(H,15,16). The van der Waals surface area contributed by atoms with Gasteiger partial charge in [-0.15, -0.1) is 0 Å². The zero-order chi connectivity index (χ0) is 13.1. The number of amides is 1. The Morgan fingerprint density at radius 3 is 2.78 bits per heavy atom. The van der Waals surface area contributed by atoms with Crippen LogP contribution in [0.2, 0.25) is 0 Å². The highest BCUT2D eigenvalue weighted by Gasteiger charge is 2.17. The van der Waals surface area contributed by atoms with Crippen molar-refractivity contribution < 1.29 is 14.3 Å². The molecule has 2 rings (SSSR count). The molecule has 1 aromatic rings. The van der Waals surface area contributed by atoms with Gasteiger partial charge < -0.3 is 20.5 Å². The summed E-state index contributed by atoms with van der Waals surface area (Å²) in [7, 11) is 0. The third-order valence-electron chi connectivity index (χ3n) is 3.05. The maximum Gasteiger partial charge on any atom is 0.231 e. The Hall–Kier alpha value is -1.91. The Labute approximate surface area is 106 Å². The molecule has 1 aliphatic heterocycles. The van der Waals surface area contributed by atoms with Gasteiger partial charge in [-0.05, 0) is 5.92 Å². The van der Waals surface area contributed by atoms with Crippen LogP contribution < -0.4 is 20.5 Å². The van der Waals surface area contributed by atoms with E-state index in [2.05, 4.69) is 12.2 Å². The minimum Gasteiger partial charge on any atom is -0.454 e. The van der Waals surface area contributed by atoms with Gasteiger partial charge in [-0.2, -0.15) is 0 Å². The van der Waals surface area contributed by atoms with Gasteiger partial charge in [-0.1, -0.05) is 20.3 Å². The molecule has 0 saturated heterocycles. The number of ether oxygens (including phenoxy) is 2. The van der Waals surface area contributed by atoms with Gasteiger partial charge in [-0.25, -0.2) is 0 Å². The normalized spacial score (nSPS) is 14.3. The lowest BCUT2D eigenvalue weighted by atomic mass is 10.0. The summed E-state index contributed by atoms with van der Waals surface area (Å²) in [5, 5.41) is 2.81. The summed E-state index contributed by atoms with van der Waals surface area (Å²) in [6, 6.07) is 3.37. The van der Waals surface area contributed by atoms with Crippen LogP contribution in [0.25, 0.3) is 0 Å². The largest absolute Gasteiger partial charge is 0.454 e. The number of rotatable bonds is 4. The molecule has 0 aromatic heterocycles. The molecule has 0 spiro atoms. The van der Waals surface area contributed by atoms with Crippen LogP contribution in [-0.4, -0.2) is 12.7 Å². The van der Waals surface area contributed by atoms with E-state index >= 15 is 0 Å². The van der Waals surface area contributed by atoms with Crippen LogP contribution in [0.4, 0.5) is 11.4 Å². The molecule has 1 atom stereocenters. The van der Waals surface area contributed by atoms with Gasteiger partial charge in [0.1, 0.15) is 0 Å². The number of fused-ring (bicyclic) bond motifs is 1. The van der Waals surface area contributed by atoms with Crippen LogP contribution in [0.5, 0.6) is 11.5 Å². The highest BCUT2D eigenvalue weighted by Crippen LogP contribution is 2.38. The molecule has 0 aliphatic carbocycles. The fourth-order valence-corrected chi connectivity index (χ4v) is 1.73. The number of anilines is 2. The third kappa shape index (κ3) is 2.67. The predicted octanol–water partition coefficient (Wildman–Crippen LogP) is 2.37. The molecule has 18 heavy (non-hydrogen) atoms. The molecular formula is C13H18N2O3. The number of carbonyl (C=O) groups excluding carboxylic acids is 1. The maximum atomic E-state index is 11.8. The first-order valence-electron chi connectivity index (χ1n) is 6.09. The fraction of sp³-hybridized carbons (Fsp3) is 0.462. The Morgan fingerprint density at radius 1 is 1.44 bits per heavy atom. The van der Waals surface area contributed by atoms with Crippen molar-refractivity contribution in [1.29, 1.82) is 0 Å². The summed E-state index contributed by atoms with van der Waals surface area (Å²) >= 11 is 0. The number of hydrogen-bond donors (Lipinski definition) is 2. The van der Waals surface area contributed by atoms with Crippen LogP contribution >= 0.6 is 0 Å². The van der Waals surface area contributed by atoms with E-state index in [1.54, 1.807) is 12.1 Å². The summed E-state index contributed by atoms with van der Waals surface area (Å²) in [4.78, 5) is 11.8. The van der Waals surface area contributed by atoms with Crippen LogP contribution in [0.1, 0.15) is 26.7 Å². The molecule has 1 unspecified atom stereocenters. The highest BCUT2D eigenvalue weighted by atomic mass is 16.7. The van der Waals surface area contributed by atoms with Gasteiger partial charge in [0.05, 0.1) is 11.4 Å². The van der Waals surface area contributed by atoms with Gasteiger partial charge >= 0.3 is 0 Å². The quantitative estimate of drug-likeness (QED) is 0.804. The molecule has 5 nitrogen and oxygen atoms in total. The molecular weight excluding hydrogens is 232 g/mol. The number of carbonyl (C=O) groups is 1. The number of benzene rings is 1.